The van der Waals surface area contributed by atoms with Gasteiger partial charge < -0.3 is 9.26 Å². The van der Waals surface area contributed by atoms with Gasteiger partial charge in [-0.25, -0.2) is 13.4 Å². The average molecular weight is 461 g/mol. The van der Waals surface area contributed by atoms with E-state index in [0.29, 0.717) is 47.9 Å². The highest BCUT2D eigenvalue weighted by atomic mass is 32.2. The molecule has 1 fully saturated rings. The largest absolute Gasteiger partial charge is 0.493 e. The van der Waals surface area contributed by atoms with Crippen molar-refractivity contribution in [1.82, 2.24) is 19.4 Å². The van der Waals surface area contributed by atoms with Crippen LogP contribution >= 0.6 is 11.8 Å². The minimum Gasteiger partial charge on any atom is -0.493 e. The molecule has 8 nitrogen and oxygen atoms in total. The summed E-state index contributed by atoms with van der Waals surface area (Å²) in [6, 6.07) is 10.9. The fourth-order valence-corrected chi connectivity index (χ4v) is 5.49. The van der Waals surface area contributed by atoms with Gasteiger partial charge in [-0.05, 0) is 44.0 Å². The van der Waals surface area contributed by atoms with E-state index in [1.165, 1.54) is 18.0 Å². The molecule has 3 heterocycles. The molecule has 1 aliphatic rings. The van der Waals surface area contributed by atoms with Crippen molar-refractivity contribution in [1.29, 1.82) is 0 Å². The van der Waals surface area contributed by atoms with E-state index >= 15 is 0 Å². The molecule has 0 spiro atoms. The first kappa shape index (κ1) is 21.8. The molecule has 0 aliphatic carbocycles. The fraction of sp³-hybridized carbons (Fsp3) is 0.381. The lowest BCUT2D eigenvalue weighted by atomic mass is 10.2. The van der Waals surface area contributed by atoms with Crippen LogP contribution < -0.4 is 4.74 Å². The van der Waals surface area contributed by atoms with Crippen LogP contribution in [-0.4, -0.2) is 47.5 Å². The minimum absolute atomic E-state index is 0.228. The Hall–Kier alpha value is -2.43. The molecule has 164 valence electrons. The first-order chi connectivity index (χ1) is 15.1. The van der Waals surface area contributed by atoms with Crippen LogP contribution in [0.2, 0.25) is 0 Å². The molecule has 0 unspecified atom stereocenters. The molecule has 10 heteroatoms. The van der Waals surface area contributed by atoms with Gasteiger partial charge in [0.05, 0.1) is 22.9 Å². The van der Waals surface area contributed by atoms with Crippen molar-refractivity contribution < 1.29 is 17.7 Å². The van der Waals surface area contributed by atoms with Gasteiger partial charge in [-0.3, -0.25) is 0 Å². The normalized spacial score (nSPS) is 15.1. The minimum atomic E-state index is -3.47. The zero-order chi connectivity index (χ0) is 21.7. The molecule has 1 saturated heterocycles. The zero-order valence-electron chi connectivity index (χ0n) is 17.2. The predicted octanol–water partition coefficient (Wildman–Crippen LogP) is 4.00. The standard InChI is InChI=1S/C21H24N4O4S2/c1-2-28-18-9-5-4-8-17(18)21-23-19(29-24-21)15-30-20-11-10-16(14-22-20)31(26,27)25-12-6-3-7-13-25/h4-5,8-11,14H,2-3,6-7,12-13,15H2,1H3. The van der Waals surface area contributed by atoms with Crippen LogP contribution in [0.1, 0.15) is 32.1 Å². The number of hydrogen-bond donors (Lipinski definition) is 0. The van der Waals surface area contributed by atoms with Gasteiger partial charge in [0.1, 0.15) is 10.6 Å². The van der Waals surface area contributed by atoms with Crippen molar-refractivity contribution in [2.45, 2.75) is 41.9 Å². The first-order valence-electron chi connectivity index (χ1n) is 10.2. The highest BCUT2D eigenvalue weighted by Gasteiger charge is 2.26. The molecule has 0 saturated carbocycles. The van der Waals surface area contributed by atoms with Gasteiger partial charge in [0, 0.05) is 19.3 Å². The molecule has 1 aliphatic heterocycles. The van der Waals surface area contributed by atoms with Crippen LogP contribution in [0, 0.1) is 0 Å². The smallest absolute Gasteiger partial charge is 0.244 e. The number of aromatic nitrogens is 3. The van der Waals surface area contributed by atoms with Crippen molar-refractivity contribution in [3.63, 3.8) is 0 Å². The summed E-state index contributed by atoms with van der Waals surface area (Å²) in [6.45, 7) is 3.62. The van der Waals surface area contributed by atoms with Crippen molar-refractivity contribution >= 4 is 21.8 Å². The maximum Gasteiger partial charge on any atom is 0.244 e. The molecular formula is C21H24N4O4S2. The van der Waals surface area contributed by atoms with E-state index in [2.05, 4.69) is 15.1 Å². The Labute approximate surface area is 186 Å². The average Bonchev–Trinajstić information content (AvgIpc) is 3.28. The van der Waals surface area contributed by atoms with E-state index in [-0.39, 0.29) is 4.90 Å². The Balaban J connectivity index is 1.40. The van der Waals surface area contributed by atoms with Crippen LogP contribution in [0.25, 0.3) is 11.4 Å². The molecule has 1 aromatic carbocycles. The molecule has 4 rings (SSSR count). The number of benzene rings is 1. The lowest BCUT2D eigenvalue weighted by molar-refractivity contribution is 0.341. The summed E-state index contributed by atoms with van der Waals surface area (Å²) in [5.74, 6) is 2.06. The number of rotatable bonds is 8. The van der Waals surface area contributed by atoms with Gasteiger partial charge >= 0.3 is 0 Å². The van der Waals surface area contributed by atoms with Gasteiger partial charge in [-0.15, -0.1) is 0 Å². The maximum absolute atomic E-state index is 12.7. The van der Waals surface area contributed by atoms with E-state index in [1.807, 2.05) is 31.2 Å². The van der Waals surface area contributed by atoms with E-state index < -0.39 is 10.0 Å². The number of ether oxygens (including phenoxy) is 1. The molecule has 0 atom stereocenters. The zero-order valence-corrected chi connectivity index (χ0v) is 18.9. The Kier molecular flexibility index (Phi) is 6.89. The number of hydrogen-bond acceptors (Lipinski definition) is 8. The monoisotopic (exact) mass is 460 g/mol. The van der Waals surface area contributed by atoms with E-state index in [9.17, 15) is 8.42 Å². The third-order valence-electron chi connectivity index (χ3n) is 4.90. The summed E-state index contributed by atoms with van der Waals surface area (Å²) in [6.07, 6.45) is 4.31. The SMILES string of the molecule is CCOc1ccccc1-c1noc(CSc2ccc(S(=O)(=O)N3CCCCC3)cn2)n1. The van der Waals surface area contributed by atoms with Crippen molar-refractivity contribution in [2.24, 2.45) is 0 Å². The number of thioether (sulfide) groups is 1. The van der Waals surface area contributed by atoms with E-state index in [4.69, 9.17) is 9.26 Å². The summed E-state index contributed by atoms with van der Waals surface area (Å²) in [5.41, 5.74) is 0.773. The van der Waals surface area contributed by atoms with Gasteiger partial charge in [-0.2, -0.15) is 9.29 Å². The molecular weight excluding hydrogens is 436 g/mol. The molecule has 31 heavy (non-hydrogen) atoms. The van der Waals surface area contributed by atoms with Gasteiger partial charge in [0.15, 0.2) is 0 Å². The van der Waals surface area contributed by atoms with E-state index in [1.54, 1.807) is 16.4 Å². The topological polar surface area (TPSA) is 98.4 Å². The predicted molar refractivity (Wildman–Crippen MR) is 117 cm³/mol. The number of piperidine rings is 1. The molecule has 0 radical (unpaired) electrons. The second-order valence-electron chi connectivity index (χ2n) is 7.03. The summed E-state index contributed by atoms with van der Waals surface area (Å²) < 4.78 is 38.0. The number of pyridine rings is 1. The molecule has 0 bridgehead atoms. The van der Waals surface area contributed by atoms with Crippen LogP contribution in [-0.2, 0) is 15.8 Å². The Morgan fingerprint density at radius 2 is 1.94 bits per heavy atom. The van der Waals surface area contributed by atoms with Crippen molar-refractivity contribution in [2.75, 3.05) is 19.7 Å². The summed E-state index contributed by atoms with van der Waals surface area (Å²) in [4.78, 5) is 8.98. The van der Waals surface area contributed by atoms with Crippen LogP contribution in [0.3, 0.4) is 0 Å². The van der Waals surface area contributed by atoms with Crippen molar-refractivity contribution in [3.8, 4) is 17.1 Å². The Morgan fingerprint density at radius 3 is 2.68 bits per heavy atom. The molecule has 0 amide bonds. The highest BCUT2D eigenvalue weighted by Crippen LogP contribution is 2.29. The Morgan fingerprint density at radius 1 is 1.13 bits per heavy atom. The number of nitrogens with zero attached hydrogens (tertiary/aromatic N) is 4. The van der Waals surface area contributed by atoms with Crippen LogP contribution in [0.5, 0.6) is 5.75 Å². The number of sulfonamides is 1. The second kappa shape index (κ2) is 9.80. The molecule has 3 aromatic rings. The molecule has 0 N–H and O–H groups in total. The third-order valence-corrected chi connectivity index (χ3v) is 7.71. The lowest BCUT2D eigenvalue weighted by Gasteiger charge is -2.25. The number of para-hydroxylation sites is 1. The summed E-state index contributed by atoms with van der Waals surface area (Å²) in [5, 5.41) is 4.74. The second-order valence-corrected chi connectivity index (χ2v) is 9.96. The fourth-order valence-electron chi connectivity index (χ4n) is 3.35. The summed E-state index contributed by atoms with van der Waals surface area (Å²) >= 11 is 1.40. The quantitative estimate of drug-likeness (QED) is 0.465. The highest BCUT2D eigenvalue weighted by molar-refractivity contribution is 7.98. The lowest BCUT2D eigenvalue weighted by Crippen LogP contribution is -2.35. The molecule has 2 aromatic heterocycles. The van der Waals surface area contributed by atoms with Crippen molar-refractivity contribution in [3.05, 3.63) is 48.5 Å². The van der Waals surface area contributed by atoms with Crippen LogP contribution in [0.4, 0.5) is 0 Å². The summed E-state index contributed by atoms with van der Waals surface area (Å²) in [7, 11) is -3.47. The van der Waals surface area contributed by atoms with Gasteiger partial charge in [-0.1, -0.05) is 35.5 Å². The van der Waals surface area contributed by atoms with Gasteiger partial charge in [0.2, 0.25) is 21.7 Å². The van der Waals surface area contributed by atoms with Crippen LogP contribution in [0.15, 0.2) is 57.0 Å². The maximum atomic E-state index is 12.7. The Bertz CT molecular complexity index is 1110. The first-order valence-corrected chi connectivity index (χ1v) is 12.6. The van der Waals surface area contributed by atoms with E-state index in [0.717, 1.165) is 24.8 Å². The third kappa shape index (κ3) is 5.08. The van der Waals surface area contributed by atoms with Gasteiger partial charge in [0.25, 0.3) is 0 Å².